The van der Waals surface area contributed by atoms with Gasteiger partial charge in [0.2, 0.25) is 17.7 Å². The van der Waals surface area contributed by atoms with Gasteiger partial charge in [-0.1, -0.05) is 30.3 Å². The minimum absolute atomic E-state index is 0.0989. The molecule has 4 N–H and O–H groups in total. The first-order valence-corrected chi connectivity index (χ1v) is 6.50. The maximum Gasteiger partial charge on any atom is 0.249 e. The molecule has 0 radical (unpaired) electrons. The zero-order valence-electron chi connectivity index (χ0n) is 11.0. The highest BCUT2D eigenvalue weighted by molar-refractivity contribution is 6.01. The second-order valence-corrected chi connectivity index (χ2v) is 4.79. The van der Waals surface area contributed by atoms with Crippen LogP contribution in [0.2, 0.25) is 0 Å². The molecule has 2 rings (SSSR count). The van der Waals surface area contributed by atoms with Gasteiger partial charge in [-0.3, -0.25) is 19.7 Å². The van der Waals surface area contributed by atoms with E-state index in [1.54, 1.807) is 0 Å². The summed E-state index contributed by atoms with van der Waals surface area (Å²) >= 11 is 0. The number of amides is 3. The van der Waals surface area contributed by atoms with E-state index < -0.39 is 18.0 Å². The molecule has 1 aromatic rings. The molecular formula is C14H17N3O3. The standard InChI is InChI=1S/C14H17N3O3/c15-10(9-4-2-1-3-5-9)8-13(19)16-11-6-7-12(18)17-14(11)20/h1-5,10-11H,6-8,15H2,(H,16,19)(H,17,18,20). The van der Waals surface area contributed by atoms with Crippen molar-refractivity contribution in [2.24, 2.45) is 5.73 Å². The number of benzene rings is 1. The van der Waals surface area contributed by atoms with Crippen molar-refractivity contribution in [2.45, 2.75) is 31.3 Å². The normalized spacial score (nSPS) is 20.1. The minimum Gasteiger partial charge on any atom is -0.344 e. The first kappa shape index (κ1) is 14.2. The van der Waals surface area contributed by atoms with Gasteiger partial charge >= 0.3 is 0 Å². The second-order valence-electron chi connectivity index (χ2n) is 4.79. The first-order chi connectivity index (χ1) is 9.56. The average molecular weight is 275 g/mol. The summed E-state index contributed by atoms with van der Waals surface area (Å²) in [6.07, 6.45) is 0.667. The zero-order chi connectivity index (χ0) is 14.5. The highest BCUT2D eigenvalue weighted by Crippen LogP contribution is 2.13. The fourth-order valence-electron chi connectivity index (χ4n) is 2.10. The lowest BCUT2D eigenvalue weighted by Crippen LogP contribution is -2.52. The number of rotatable bonds is 4. The van der Waals surface area contributed by atoms with Gasteiger partial charge in [-0.25, -0.2) is 0 Å². The van der Waals surface area contributed by atoms with Crippen LogP contribution in [0, 0.1) is 0 Å². The van der Waals surface area contributed by atoms with Crippen LogP contribution in [0.3, 0.4) is 0 Å². The number of carbonyl (C=O) groups is 3. The van der Waals surface area contributed by atoms with Crippen LogP contribution in [0.15, 0.2) is 30.3 Å². The van der Waals surface area contributed by atoms with Gasteiger partial charge < -0.3 is 11.1 Å². The Bertz CT molecular complexity index is 516. The van der Waals surface area contributed by atoms with Crippen molar-refractivity contribution in [1.29, 1.82) is 0 Å². The van der Waals surface area contributed by atoms with Crippen LogP contribution in [-0.2, 0) is 14.4 Å². The van der Waals surface area contributed by atoms with E-state index in [2.05, 4.69) is 10.6 Å². The van der Waals surface area contributed by atoms with Crippen LogP contribution < -0.4 is 16.4 Å². The Labute approximate surface area is 116 Å². The SMILES string of the molecule is NC(CC(=O)NC1CCC(=O)NC1=O)c1ccccc1. The van der Waals surface area contributed by atoms with Gasteiger partial charge in [-0.05, 0) is 12.0 Å². The van der Waals surface area contributed by atoms with Gasteiger partial charge in [0.15, 0.2) is 0 Å². The Morgan fingerprint density at radius 2 is 2.05 bits per heavy atom. The lowest BCUT2D eigenvalue weighted by molar-refractivity contribution is -0.137. The molecule has 1 saturated heterocycles. The highest BCUT2D eigenvalue weighted by atomic mass is 16.2. The van der Waals surface area contributed by atoms with Crippen LogP contribution in [-0.4, -0.2) is 23.8 Å². The number of nitrogens with two attached hydrogens (primary N) is 1. The molecule has 2 atom stereocenters. The van der Waals surface area contributed by atoms with Crippen molar-refractivity contribution < 1.29 is 14.4 Å². The van der Waals surface area contributed by atoms with E-state index in [0.717, 1.165) is 5.56 Å². The molecule has 3 amide bonds. The molecule has 1 aliphatic heterocycles. The van der Waals surface area contributed by atoms with Crippen molar-refractivity contribution in [3.8, 4) is 0 Å². The van der Waals surface area contributed by atoms with Crippen molar-refractivity contribution >= 4 is 17.7 Å². The number of hydrogen-bond acceptors (Lipinski definition) is 4. The van der Waals surface area contributed by atoms with Crippen molar-refractivity contribution in [1.82, 2.24) is 10.6 Å². The molecule has 0 spiro atoms. The molecule has 2 unspecified atom stereocenters. The number of imide groups is 1. The summed E-state index contributed by atoms with van der Waals surface area (Å²) in [5, 5.41) is 4.80. The lowest BCUT2D eigenvalue weighted by atomic mass is 10.0. The van der Waals surface area contributed by atoms with Crippen LogP contribution in [0.5, 0.6) is 0 Å². The van der Waals surface area contributed by atoms with Crippen molar-refractivity contribution in [3.05, 3.63) is 35.9 Å². The predicted molar refractivity (Wildman–Crippen MR) is 72.3 cm³/mol. The quantitative estimate of drug-likeness (QED) is 0.673. The number of nitrogens with one attached hydrogen (secondary N) is 2. The summed E-state index contributed by atoms with van der Waals surface area (Å²) < 4.78 is 0. The molecule has 1 heterocycles. The van der Waals surface area contributed by atoms with Gasteiger partial charge in [0.05, 0.1) is 0 Å². The monoisotopic (exact) mass is 275 g/mol. The number of piperidine rings is 1. The van der Waals surface area contributed by atoms with Crippen molar-refractivity contribution in [2.75, 3.05) is 0 Å². The van der Waals surface area contributed by atoms with E-state index in [1.165, 1.54) is 0 Å². The maximum absolute atomic E-state index is 11.9. The Hall–Kier alpha value is -2.21. The van der Waals surface area contributed by atoms with Crippen LogP contribution in [0.25, 0.3) is 0 Å². The molecule has 106 valence electrons. The third-order valence-corrected chi connectivity index (χ3v) is 3.21. The number of hydrogen-bond donors (Lipinski definition) is 3. The fourth-order valence-corrected chi connectivity index (χ4v) is 2.10. The van der Waals surface area contributed by atoms with E-state index >= 15 is 0 Å². The molecule has 20 heavy (non-hydrogen) atoms. The number of carbonyl (C=O) groups excluding carboxylic acids is 3. The van der Waals surface area contributed by atoms with Gasteiger partial charge in [0.1, 0.15) is 6.04 Å². The summed E-state index contributed by atoms with van der Waals surface area (Å²) in [5.74, 6) is -1.06. The predicted octanol–water partition coefficient (Wildman–Crippen LogP) is -0.00210. The van der Waals surface area contributed by atoms with Crippen LogP contribution >= 0.6 is 0 Å². The third kappa shape index (κ3) is 3.64. The Balaban J connectivity index is 1.86. The topological polar surface area (TPSA) is 101 Å². The summed E-state index contributed by atoms with van der Waals surface area (Å²) in [6, 6.07) is 8.22. The molecule has 6 heteroatoms. The van der Waals surface area contributed by atoms with E-state index in [9.17, 15) is 14.4 Å². The first-order valence-electron chi connectivity index (χ1n) is 6.50. The van der Waals surface area contributed by atoms with Crippen LogP contribution in [0.4, 0.5) is 0 Å². The molecule has 0 aliphatic carbocycles. The molecule has 0 saturated carbocycles. The summed E-state index contributed by atoms with van der Waals surface area (Å²) in [5.41, 5.74) is 6.81. The van der Waals surface area contributed by atoms with E-state index in [4.69, 9.17) is 5.73 Å². The largest absolute Gasteiger partial charge is 0.344 e. The van der Waals surface area contributed by atoms with Gasteiger partial charge in [0, 0.05) is 18.9 Å². The maximum atomic E-state index is 11.9. The molecule has 1 fully saturated rings. The van der Waals surface area contributed by atoms with E-state index in [0.29, 0.717) is 6.42 Å². The van der Waals surface area contributed by atoms with Gasteiger partial charge in [-0.15, -0.1) is 0 Å². The second kappa shape index (κ2) is 6.29. The average Bonchev–Trinajstić information content (AvgIpc) is 2.43. The Morgan fingerprint density at radius 3 is 2.70 bits per heavy atom. The van der Waals surface area contributed by atoms with Crippen molar-refractivity contribution in [3.63, 3.8) is 0 Å². The highest BCUT2D eigenvalue weighted by Gasteiger charge is 2.28. The van der Waals surface area contributed by atoms with E-state index in [-0.39, 0.29) is 24.7 Å². The molecular weight excluding hydrogens is 258 g/mol. The minimum atomic E-state index is -0.650. The molecule has 6 nitrogen and oxygen atoms in total. The smallest absolute Gasteiger partial charge is 0.249 e. The third-order valence-electron chi connectivity index (χ3n) is 3.21. The summed E-state index contributed by atoms with van der Waals surface area (Å²) in [7, 11) is 0. The molecule has 0 bridgehead atoms. The fraction of sp³-hybridized carbons (Fsp3) is 0.357. The summed E-state index contributed by atoms with van der Waals surface area (Å²) in [6.45, 7) is 0. The summed E-state index contributed by atoms with van der Waals surface area (Å²) in [4.78, 5) is 34.4. The zero-order valence-corrected chi connectivity index (χ0v) is 11.0. The van der Waals surface area contributed by atoms with Crippen LogP contribution in [0.1, 0.15) is 30.9 Å². The molecule has 1 aliphatic rings. The van der Waals surface area contributed by atoms with Gasteiger partial charge in [0.25, 0.3) is 0 Å². The Morgan fingerprint density at radius 1 is 1.35 bits per heavy atom. The molecule has 1 aromatic carbocycles. The van der Waals surface area contributed by atoms with Gasteiger partial charge in [-0.2, -0.15) is 0 Å². The molecule has 0 aromatic heterocycles. The van der Waals surface area contributed by atoms with E-state index in [1.807, 2.05) is 30.3 Å². The lowest BCUT2D eigenvalue weighted by Gasteiger charge is -2.22. The Kier molecular flexibility index (Phi) is 4.47.